The first-order valence-corrected chi connectivity index (χ1v) is 0. The van der Waals surface area contributed by atoms with E-state index in [1.165, 1.54) is 0 Å². The van der Waals surface area contributed by atoms with Gasteiger partial charge in [-0.15, -0.1) is 0 Å². The van der Waals surface area contributed by atoms with Crippen molar-refractivity contribution in [2.24, 2.45) is 0 Å². The average molecular weight is 200 g/mol. The second kappa shape index (κ2) is 18.5. The third-order valence-electron chi connectivity index (χ3n) is 0. The van der Waals surface area contributed by atoms with E-state index in [1.54, 1.807) is 0 Å². The minimum atomic E-state index is 0. The van der Waals surface area contributed by atoms with Crippen LogP contribution in [0.4, 0.5) is 0 Å². The Bertz CT molecular complexity index is 6.00. The molecular formula is H5CeNaO2. The van der Waals surface area contributed by atoms with Crippen LogP contribution in [-0.2, 0) is 0 Å². The molecule has 0 rings (SSSR count). The predicted molar refractivity (Wildman–Crippen MR) is 14.4 cm³/mol. The van der Waals surface area contributed by atoms with Crippen LogP contribution in [0.3, 0.4) is 0 Å². The normalized spacial score (nSPS) is 0. The summed E-state index contributed by atoms with van der Waals surface area (Å²) in [6.45, 7) is 0. The van der Waals surface area contributed by atoms with Crippen molar-refractivity contribution in [3.8, 4) is 0 Å². The molecule has 0 aliphatic heterocycles. The molecule has 0 spiro atoms. The van der Waals surface area contributed by atoms with Gasteiger partial charge in [-0.3, -0.25) is 0 Å². The van der Waals surface area contributed by atoms with Gasteiger partial charge in [-0.2, -0.15) is 0 Å². The predicted octanol–water partition coefficient (Wildman–Crippen LogP) is -2.30. The van der Waals surface area contributed by atoms with Crippen LogP contribution in [0.15, 0.2) is 0 Å². The summed E-state index contributed by atoms with van der Waals surface area (Å²) in [4.78, 5) is 0. The Labute approximate surface area is 80.6 Å². The molecule has 0 saturated carbocycles. The maximum absolute atomic E-state index is 0. The van der Waals surface area contributed by atoms with Crippen molar-refractivity contribution in [2.45, 2.75) is 0 Å². The number of rotatable bonds is 0. The molecule has 0 aromatic heterocycles. The number of hydrogen-bond donors (Lipinski definition) is 0. The third-order valence-corrected chi connectivity index (χ3v) is 0. The van der Waals surface area contributed by atoms with Crippen LogP contribution in [-0.4, -0.2) is 40.5 Å². The van der Waals surface area contributed by atoms with E-state index >= 15 is 0 Å². The molecule has 22 valence electrons. The van der Waals surface area contributed by atoms with E-state index in [1.807, 2.05) is 0 Å². The van der Waals surface area contributed by atoms with Gasteiger partial charge in [-0.25, -0.2) is 0 Å². The summed E-state index contributed by atoms with van der Waals surface area (Å²) in [6.07, 6.45) is 0. The van der Waals surface area contributed by atoms with Crippen LogP contribution >= 0.6 is 0 Å². The zero-order valence-electron chi connectivity index (χ0n) is 1.50. The molecule has 0 aromatic carbocycles. The average Bonchev–Trinajstić information content (AvgIpc) is 0. The Morgan fingerprint density at radius 1 is 0.750 bits per heavy atom. The molecule has 0 radical (unpaired) electrons. The molecule has 0 amide bonds. The van der Waals surface area contributed by atoms with Crippen LogP contribution in [0, 0.1) is 41.7 Å². The monoisotopic (exact) mass is 200 g/mol. The van der Waals surface area contributed by atoms with Gasteiger partial charge >= 0.3 is 29.6 Å². The van der Waals surface area contributed by atoms with Crippen molar-refractivity contribution in [1.82, 2.24) is 0 Å². The standard InChI is InChI=1S/Ce.Na.2H2O.H/h;;2*1H2;. The molecule has 4 heteroatoms. The van der Waals surface area contributed by atoms with Gasteiger partial charge in [0, 0.05) is 41.7 Å². The molecule has 0 fully saturated rings. The van der Waals surface area contributed by atoms with E-state index < -0.39 is 0 Å². The molecule has 0 bridgehead atoms. The summed E-state index contributed by atoms with van der Waals surface area (Å²) in [5.41, 5.74) is 0. The molecule has 4 heavy (non-hydrogen) atoms. The van der Waals surface area contributed by atoms with E-state index in [0.717, 1.165) is 0 Å². The molecule has 0 heterocycles. The number of hydrogen-bond acceptors (Lipinski definition) is 0. The van der Waals surface area contributed by atoms with Gasteiger partial charge < -0.3 is 11.0 Å². The first-order chi connectivity index (χ1) is 0. The summed E-state index contributed by atoms with van der Waals surface area (Å²) < 4.78 is 0. The minimum absolute atomic E-state index is 0. The van der Waals surface area contributed by atoms with E-state index in [-0.39, 0.29) is 82.3 Å². The van der Waals surface area contributed by atoms with Crippen molar-refractivity contribution in [3.05, 3.63) is 0 Å². The van der Waals surface area contributed by atoms with Gasteiger partial charge in [0.2, 0.25) is 0 Å². The molecule has 0 aromatic rings. The van der Waals surface area contributed by atoms with E-state index in [2.05, 4.69) is 0 Å². The fourth-order valence-corrected chi connectivity index (χ4v) is 0. The first kappa shape index (κ1) is 33.5. The van der Waals surface area contributed by atoms with Gasteiger partial charge in [-0.1, -0.05) is 0 Å². The molecule has 2 nitrogen and oxygen atoms in total. The summed E-state index contributed by atoms with van der Waals surface area (Å²) in [5, 5.41) is 0. The molecule has 0 unspecified atom stereocenters. The van der Waals surface area contributed by atoms with Gasteiger partial charge in [0.15, 0.2) is 0 Å². The van der Waals surface area contributed by atoms with Crippen molar-refractivity contribution in [2.75, 3.05) is 0 Å². The molecule has 0 aliphatic carbocycles. The van der Waals surface area contributed by atoms with Crippen molar-refractivity contribution < 1.29 is 52.7 Å². The molecule has 0 aliphatic rings. The van der Waals surface area contributed by atoms with Gasteiger partial charge in [0.05, 0.1) is 0 Å². The third kappa shape index (κ3) is 8.85. The van der Waals surface area contributed by atoms with Crippen LogP contribution in [0.1, 0.15) is 0 Å². The van der Waals surface area contributed by atoms with Gasteiger partial charge in [0.25, 0.3) is 0 Å². The topological polar surface area (TPSA) is 63.0 Å². The molecule has 0 saturated heterocycles. The van der Waals surface area contributed by atoms with E-state index in [9.17, 15) is 0 Å². The first-order valence-electron chi connectivity index (χ1n) is 0. The molecular weight excluding hydrogens is 195 g/mol. The molecule has 4 N–H and O–H groups in total. The van der Waals surface area contributed by atoms with Crippen LogP contribution in [0.2, 0.25) is 0 Å². The van der Waals surface area contributed by atoms with Crippen molar-refractivity contribution in [3.63, 3.8) is 0 Å². The van der Waals surface area contributed by atoms with Gasteiger partial charge in [-0.05, 0) is 0 Å². The summed E-state index contributed by atoms with van der Waals surface area (Å²) in [5.74, 6) is 0. The fraction of sp³-hybridized carbons (Fsp3) is 0. The van der Waals surface area contributed by atoms with Crippen molar-refractivity contribution in [1.29, 1.82) is 0 Å². The second-order valence-electron chi connectivity index (χ2n) is 0. The van der Waals surface area contributed by atoms with Crippen LogP contribution < -0.4 is 0 Å². The van der Waals surface area contributed by atoms with Crippen molar-refractivity contribution >= 4 is 29.6 Å². The van der Waals surface area contributed by atoms with E-state index in [4.69, 9.17) is 0 Å². The Hall–Kier alpha value is 2.30. The molecule has 0 atom stereocenters. The SMILES string of the molecule is O.O.[Ce].[NaH]. The Morgan fingerprint density at radius 3 is 0.750 bits per heavy atom. The van der Waals surface area contributed by atoms with Gasteiger partial charge in [0.1, 0.15) is 0 Å². The Balaban J connectivity index is 0. The zero-order chi connectivity index (χ0) is 0. The van der Waals surface area contributed by atoms with Crippen LogP contribution in [0.5, 0.6) is 0 Å². The summed E-state index contributed by atoms with van der Waals surface area (Å²) in [6, 6.07) is 0. The maximum atomic E-state index is 0. The Morgan fingerprint density at radius 2 is 0.750 bits per heavy atom. The Kier molecular flexibility index (Phi) is 155. The quantitative estimate of drug-likeness (QED) is 0.395. The zero-order valence-corrected chi connectivity index (χ0v) is 4.64. The summed E-state index contributed by atoms with van der Waals surface area (Å²) in [7, 11) is 0. The van der Waals surface area contributed by atoms with E-state index in [0.29, 0.717) is 0 Å². The fourth-order valence-electron chi connectivity index (χ4n) is 0. The van der Waals surface area contributed by atoms with Crippen LogP contribution in [0.25, 0.3) is 0 Å². The summed E-state index contributed by atoms with van der Waals surface area (Å²) >= 11 is 0. The second-order valence-corrected chi connectivity index (χ2v) is 0.